The second kappa shape index (κ2) is 8.99. The van der Waals surface area contributed by atoms with Crippen LogP contribution in [-0.2, 0) is 16.0 Å². The van der Waals surface area contributed by atoms with Crippen LogP contribution in [0.2, 0.25) is 0 Å². The van der Waals surface area contributed by atoms with E-state index in [1.165, 1.54) is 0 Å². The Morgan fingerprint density at radius 1 is 1.07 bits per heavy atom. The lowest BCUT2D eigenvalue weighted by Crippen LogP contribution is -2.35. The Kier molecular flexibility index (Phi) is 6.42. The third-order valence-electron chi connectivity index (χ3n) is 5.59. The minimum Gasteiger partial charge on any atom is -0.493 e. The highest BCUT2D eigenvalue weighted by molar-refractivity contribution is 5.81. The molecule has 1 aliphatic heterocycles. The molecule has 0 spiro atoms. The molecule has 1 aliphatic rings. The fourth-order valence-electron chi connectivity index (χ4n) is 4.03. The summed E-state index contributed by atoms with van der Waals surface area (Å²) in [5, 5.41) is 9.66. The summed E-state index contributed by atoms with van der Waals surface area (Å²) in [5.74, 6) is -0.658. The number of likely N-dealkylation sites (tertiary alicyclic amines) is 1. The number of carbonyl (C=O) groups excluding carboxylic acids is 1. The smallest absolute Gasteiger partial charge is 0.308 e. The van der Waals surface area contributed by atoms with Crippen LogP contribution in [0.25, 0.3) is 0 Å². The largest absolute Gasteiger partial charge is 0.493 e. The summed E-state index contributed by atoms with van der Waals surface area (Å²) < 4.78 is 10.6. The van der Waals surface area contributed by atoms with Crippen LogP contribution in [0.15, 0.2) is 48.5 Å². The van der Waals surface area contributed by atoms with E-state index in [2.05, 4.69) is 0 Å². The van der Waals surface area contributed by atoms with Crippen molar-refractivity contribution >= 4 is 11.9 Å². The van der Waals surface area contributed by atoms with Crippen molar-refractivity contribution in [2.45, 2.75) is 19.3 Å². The monoisotopic (exact) mass is 397 g/mol. The fourth-order valence-corrected chi connectivity index (χ4v) is 4.03. The first-order chi connectivity index (χ1) is 13.9. The molecular weight excluding hydrogens is 370 g/mol. The number of amides is 1. The van der Waals surface area contributed by atoms with Crippen LogP contribution in [0.3, 0.4) is 0 Å². The van der Waals surface area contributed by atoms with Crippen LogP contribution in [0.4, 0.5) is 0 Å². The molecule has 0 aromatic heterocycles. The van der Waals surface area contributed by atoms with Crippen molar-refractivity contribution < 1.29 is 24.2 Å². The van der Waals surface area contributed by atoms with Gasteiger partial charge in [-0.1, -0.05) is 43.3 Å². The van der Waals surface area contributed by atoms with Gasteiger partial charge >= 0.3 is 5.97 Å². The number of nitrogens with zero attached hydrogens (tertiary/aromatic N) is 1. The lowest BCUT2D eigenvalue weighted by molar-refractivity contribution is -0.142. The van der Waals surface area contributed by atoms with Crippen LogP contribution < -0.4 is 9.47 Å². The Morgan fingerprint density at radius 2 is 1.76 bits per heavy atom. The number of rotatable bonds is 7. The molecule has 0 saturated carbocycles. The summed E-state index contributed by atoms with van der Waals surface area (Å²) in [6, 6.07) is 15.2. The minimum absolute atomic E-state index is 0.0236. The molecule has 3 unspecified atom stereocenters. The molecule has 1 N–H and O–H groups in total. The molecule has 3 rings (SSSR count). The second-order valence-electron chi connectivity index (χ2n) is 7.50. The molecule has 0 bridgehead atoms. The molecule has 1 heterocycles. The van der Waals surface area contributed by atoms with Crippen LogP contribution in [0.5, 0.6) is 11.5 Å². The maximum Gasteiger partial charge on any atom is 0.308 e. The normalized spacial score (nSPS) is 19.6. The number of hydrogen-bond donors (Lipinski definition) is 1. The first-order valence-corrected chi connectivity index (χ1v) is 9.72. The predicted molar refractivity (Wildman–Crippen MR) is 109 cm³/mol. The molecule has 1 saturated heterocycles. The number of carboxylic acid groups (broad SMARTS) is 1. The zero-order chi connectivity index (χ0) is 21.0. The summed E-state index contributed by atoms with van der Waals surface area (Å²) in [5.41, 5.74) is 1.93. The van der Waals surface area contributed by atoms with Gasteiger partial charge in [-0.3, -0.25) is 9.59 Å². The van der Waals surface area contributed by atoms with Crippen LogP contribution >= 0.6 is 0 Å². The van der Waals surface area contributed by atoms with Crippen LogP contribution in [0.1, 0.15) is 24.0 Å². The molecule has 29 heavy (non-hydrogen) atoms. The number of hydrogen-bond acceptors (Lipinski definition) is 4. The summed E-state index contributed by atoms with van der Waals surface area (Å²) in [6.45, 7) is 2.55. The lowest BCUT2D eigenvalue weighted by atomic mass is 9.89. The van der Waals surface area contributed by atoms with Crippen molar-refractivity contribution in [3.05, 3.63) is 59.7 Å². The van der Waals surface area contributed by atoms with Crippen molar-refractivity contribution in [2.24, 2.45) is 11.8 Å². The van der Waals surface area contributed by atoms with E-state index >= 15 is 0 Å². The average Bonchev–Trinajstić information content (AvgIpc) is 3.19. The Labute approximate surface area is 171 Å². The minimum atomic E-state index is -0.860. The second-order valence-corrected chi connectivity index (χ2v) is 7.50. The summed E-state index contributed by atoms with van der Waals surface area (Å²) in [4.78, 5) is 26.5. The topological polar surface area (TPSA) is 76.1 Å². The first kappa shape index (κ1) is 20.7. The highest BCUT2D eigenvalue weighted by Gasteiger charge is 2.41. The fraction of sp³-hybridized carbons (Fsp3) is 0.391. The van der Waals surface area contributed by atoms with Gasteiger partial charge in [0.25, 0.3) is 0 Å². The molecule has 3 atom stereocenters. The van der Waals surface area contributed by atoms with Gasteiger partial charge in [0.15, 0.2) is 11.5 Å². The Balaban J connectivity index is 1.72. The third-order valence-corrected chi connectivity index (χ3v) is 5.59. The van der Waals surface area contributed by atoms with E-state index in [9.17, 15) is 14.7 Å². The van der Waals surface area contributed by atoms with Gasteiger partial charge < -0.3 is 19.5 Å². The molecule has 154 valence electrons. The van der Waals surface area contributed by atoms with Gasteiger partial charge in [0.1, 0.15) is 0 Å². The number of aliphatic carboxylic acids is 1. The standard InChI is InChI=1S/C23H27NO5/c1-15(11-16-9-10-20(28-2)21(12-16)29-3)22(25)24-13-18(19(14-24)23(26)27)17-7-5-4-6-8-17/h4-10,12,15,18-19H,11,13-14H2,1-3H3,(H,26,27). The zero-order valence-electron chi connectivity index (χ0n) is 17.0. The highest BCUT2D eigenvalue weighted by atomic mass is 16.5. The maximum atomic E-state index is 13.0. The van der Waals surface area contributed by atoms with Gasteiger partial charge in [0.05, 0.1) is 20.1 Å². The van der Waals surface area contributed by atoms with E-state index in [1.54, 1.807) is 19.1 Å². The van der Waals surface area contributed by atoms with E-state index in [1.807, 2.05) is 55.5 Å². The van der Waals surface area contributed by atoms with E-state index in [0.29, 0.717) is 24.5 Å². The molecular formula is C23H27NO5. The molecule has 1 amide bonds. The quantitative estimate of drug-likeness (QED) is 0.776. The number of ether oxygens (including phenoxy) is 2. The van der Waals surface area contributed by atoms with Crippen molar-refractivity contribution in [3.8, 4) is 11.5 Å². The molecule has 6 nitrogen and oxygen atoms in total. The summed E-state index contributed by atoms with van der Waals surface area (Å²) in [7, 11) is 3.16. The van der Waals surface area contributed by atoms with Crippen molar-refractivity contribution in [1.29, 1.82) is 0 Å². The Morgan fingerprint density at radius 3 is 2.38 bits per heavy atom. The van der Waals surface area contributed by atoms with Gasteiger partial charge in [0.2, 0.25) is 5.91 Å². The number of carbonyl (C=O) groups is 2. The van der Waals surface area contributed by atoms with Crippen molar-refractivity contribution in [3.63, 3.8) is 0 Å². The van der Waals surface area contributed by atoms with E-state index in [4.69, 9.17) is 9.47 Å². The molecule has 2 aromatic carbocycles. The molecule has 2 aromatic rings. The van der Waals surface area contributed by atoms with Gasteiger partial charge in [-0.15, -0.1) is 0 Å². The number of benzene rings is 2. The first-order valence-electron chi connectivity index (χ1n) is 9.72. The average molecular weight is 397 g/mol. The Hall–Kier alpha value is -3.02. The van der Waals surface area contributed by atoms with E-state index < -0.39 is 11.9 Å². The van der Waals surface area contributed by atoms with Gasteiger partial charge in [-0.05, 0) is 29.7 Å². The third kappa shape index (κ3) is 4.53. The molecule has 6 heteroatoms. The predicted octanol–water partition coefficient (Wildman–Crippen LogP) is 3.21. The van der Waals surface area contributed by atoms with E-state index in [-0.39, 0.29) is 24.3 Å². The number of carboxylic acids is 1. The van der Waals surface area contributed by atoms with Gasteiger partial charge in [-0.2, -0.15) is 0 Å². The highest BCUT2D eigenvalue weighted by Crippen LogP contribution is 2.34. The van der Waals surface area contributed by atoms with Crippen LogP contribution in [-0.4, -0.2) is 49.2 Å². The van der Waals surface area contributed by atoms with Gasteiger partial charge in [0, 0.05) is 24.9 Å². The molecule has 1 fully saturated rings. The number of methoxy groups -OCH3 is 2. The SMILES string of the molecule is COc1ccc(CC(C)C(=O)N2CC(C(=O)O)C(c3ccccc3)C2)cc1OC. The maximum absolute atomic E-state index is 13.0. The summed E-state index contributed by atoms with van der Waals surface area (Å²) in [6.07, 6.45) is 0.545. The zero-order valence-corrected chi connectivity index (χ0v) is 17.0. The molecule has 0 aliphatic carbocycles. The van der Waals surface area contributed by atoms with Crippen molar-refractivity contribution in [2.75, 3.05) is 27.3 Å². The Bertz CT molecular complexity index is 867. The molecule has 0 radical (unpaired) electrons. The van der Waals surface area contributed by atoms with Gasteiger partial charge in [-0.25, -0.2) is 0 Å². The summed E-state index contributed by atoms with van der Waals surface area (Å²) >= 11 is 0. The van der Waals surface area contributed by atoms with Crippen molar-refractivity contribution in [1.82, 2.24) is 4.90 Å². The van der Waals surface area contributed by atoms with Crippen LogP contribution in [0, 0.1) is 11.8 Å². The lowest BCUT2D eigenvalue weighted by Gasteiger charge is -2.21. The van der Waals surface area contributed by atoms with E-state index in [0.717, 1.165) is 11.1 Å².